The molecule has 0 aliphatic heterocycles. The highest BCUT2D eigenvalue weighted by Crippen LogP contribution is 2.25. The van der Waals surface area contributed by atoms with Crippen molar-refractivity contribution in [2.45, 2.75) is 37.8 Å². The third-order valence-electron chi connectivity index (χ3n) is 4.66. The lowest BCUT2D eigenvalue weighted by Crippen LogP contribution is -1.98. The van der Waals surface area contributed by atoms with Gasteiger partial charge in [-0.2, -0.15) is 0 Å². The van der Waals surface area contributed by atoms with Crippen LogP contribution in [0.4, 0.5) is 0 Å². The van der Waals surface area contributed by atoms with E-state index in [1.54, 1.807) is 24.2 Å². The molecule has 0 radical (unpaired) electrons. The molecule has 0 aliphatic rings. The summed E-state index contributed by atoms with van der Waals surface area (Å²) in [6.07, 6.45) is 12.3. The van der Waals surface area contributed by atoms with Crippen LogP contribution in [0.1, 0.15) is 32.6 Å². The van der Waals surface area contributed by atoms with Crippen molar-refractivity contribution in [1.29, 1.82) is 0 Å². The number of unbranched alkanes of at least 4 members (excludes halogenated alkanes) is 3. The van der Waals surface area contributed by atoms with Gasteiger partial charge in [-0.05, 0) is 47.9 Å². The molecule has 3 aromatic heterocycles. The Hall–Kier alpha value is -2.73. The maximum atomic E-state index is 4.73. The summed E-state index contributed by atoms with van der Waals surface area (Å²) in [7, 11) is 0. The smallest absolute Gasteiger partial charge is 0.189 e. The van der Waals surface area contributed by atoms with Crippen LogP contribution in [0.15, 0.2) is 66.5 Å². The Balaban J connectivity index is 1.55. The first kappa shape index (κ1) is 18.6. The first-order valence-electron chi connectivity index (χ1n) is 9.69. The Morgan fingerprint density at radius 2 is 1.79 bits per heavy atom. The summed E-state index contributed by atoms with van der Waals surface area (Å²) in [5, 5.41) is 0.823. The standard InChI is InChI=1S/C22H23N5S/c1-2-3-4-5-14-28-22-24-13-10-21(26-22)27-16-25-19-15-18(6-7-20(19)27)17-8-11-23-12-9-17/h6-13,15-16H,2-5,14H2,1H3. The molecule has 0 fully saturated rings. The number of imidazole rings is 1. The second-order valence-electron chi connectivity index (χ2n) is 6.66. The second-order valence-corrected chi connectivity index (χ2v) is 7.72. The summed E-state index contributed by atoms with van der Waals surface area (Å²) >= 11 is 1.73. The molecule has 0 saturated carbocycles. The molecule has 0 bridgehead atoms. The van der Waals surface area contributed by atoms with Gasteiger partial charge in [0.05, 0.1) is 11.0 Å². The molecule has 28 heavy (non-hydrogen) atoms. The Morgan fingerprint density at radius 1 is 0.893 bits per heavy atom. The van der Waals surface area contributed by atoms with E-state index in [4.69, 9.17) is 4.98 Å². The van der Waals surface area contributed by atoms with E-state index in [1.165, 1.54) is 25.7 Å². The molecule has 1 aromatic carbocycles. The van der Waals surface area contributed by atoms with Gasteiger partial charge in [0.2, 0.25) is 0 Å². The van der Waals surface area contributed by atoms with E-state index in [-0.39, 0.29) is 0 Å². The zero-order valence-corrected chi connectivity index (χ0v) is 16.8. The highest BCUT2D eigenvalue weighted by Gasteiger charge is 2.09. The normalized spacial score (nSPS) is 11.2. The second kappa shape index (κ2) is 8.97. The number of pyridine rings is 1. The number of nitrogens with zero attached hydrogens (tertiary/aromatic N) is 5. The first-order chi connectivity index (χ1) is 13.8. The number of thioether (sulfide) groups is 1. The van der Waals surface area contributed by atoms with Crippen LogP contribution in [0.3, 0.4) is 0 Å². The van der Waals surface area contributed by atoms with E-state index in [0.29, 0.717) is 0 Å². The van der Waals surface area contributed by atoms with Gasteiger partial charge in [0.15, 0.2) is 5.16 Å². The lowest BCUT2D eigenvalue weighted by atomic mass is 10.1. The molecule has 0 aliphatic carbocycles. The maximum Gasteiger partial charge on any atom is 0.189 e. The third kappa shape index (κ3) is 4.22. The van der Waals surface area contributed by atoms with Crippen molar-refractivity contribution in [1.82, 2.24) is 24.5 Å². The fraction of sp³-hybridized carbons (Fsp3) is 0.273. The van der Waals surface area contributed by atoms with E-state index in [0.717, 1.165) is 38.9 Å². The van der Waals surface area contributed by atoms with Crippen LogP contribution in [-0.2, 0) is 0 Å². The minimum absolute atomic E-state index is 0.823. The van der Waals surface area contributed by atoms with Crippen molar-refractivity contribution in [3.63, 3.8) is 0 Å². The van der Waals surface area contributed by atoms with Crippen molar-refractivity contribution >= 4 is 22.8 Å². The average molecular weight is 390 g/mol. The fourth-order valence-corrected chi connectivity index (χ4v) is 3.97. The van der Waals surface area contributed by atoms with Gasteiger partial charge in [-0.25, -0.2) is 15.0 Å². The summed E-state index contributed by atoms with van der Waals surface area (Å²) < 4.78 is 2.02. The van der Waals surface area contributed by atoms with Crippen LogP contribution in [0.5, 0.6) is 0 Å². The van der Waals surface area contributed by atoms with Crippen LogP contribution in [0, 0.1) is 0 Å². The number of aromatic nitrogens is 5. The highest BCUT2D eigenvalue weighted by atomic mass is 32.2. The van der Waals surface area contributed by atoms with E-state index in [9.17, 15) is 0 Å². The molecule has 5 nitrogen and oxygen atoms in total. The van der Waals surface area contributed by atoms with Crippen LogP contribution in [0.2, 0.25) is 0 Å². The zero-order chi connectivity index (χ0) is 19.2. The van der Waals surface area contributed by atoms with Crippen molar-refractivity contribution in [3.05, 3.63) is 61.3 Å². The fourth-order valence-electron chi connectivity index (χ4n) is 3.15. The van der Waals surface area contributed by atoms with Crippen molar-refractivity contribution in [2.75, 3.05) is 5.75 Å². The molecule has 4 aromatic rings. The summed E-state index contributed by atoms with van der Waals surface area (Å²) in [4.78, 5) is 17.8. The average Bonchev–Trinajstić information content (AvgIpc) is 3.18. The Morgan fingerprint density at radius 3 is 2.64 bits per heavy atom. The highest BCUT2D eigenvalue weighted by molar-refractivity contribution is 7.99. The van der Waals surface area contributed by atoms with E-state index >= 15 is 0 Å². The Kier molecular flexibility index (Phi) is 5.97. The summed E-state index contributed by atoms with van der Waals surface area (Å²) in [6.45, 7) is 2.23. The molecule has 0 saturated heterocycles. The number of fused-ring (bicyclic) bond motifs is 1. The molecule has 0 amide bonds. The molecular weight excluding hydrogens is 366 g/mol. The molecule has 3 heterocycles. The van der Waals surface area contributed by atoms with Gasteiger partial charge in [-0.3, -0.25) is 9.55 Å². The van der Waals surface area contributed by atoms with Gasteiger partial charge in [-0.15, -0.1) is 0 Å². The maximum absolute atomic E-state index is 4.73. The van der Waals surface area contributed by atoms with Crippen molar-refractivity contribution in [2.24, 2.45) is 0 Å². The lowest BCUT2D eigenvalue weighted by Gasteiger charge is -2.06. The quantitative estimate of drug-likeness (QED) is 0.225. The van der Waals surface area contributed by atoms with Gasteiger partial charge in [0, 0.05) is 24.3 Å². The van der Waals surface area contributed by atoms with Gasteiger partial charge < -0.3 is 0 Å². The van der Waals surface area contributed by atoms with Gasteiger partial charge in [0.1, 0.15) is 12.1 Å². The first-order valence-corrected chi connectivity index (χ1v) is 10.7. The zero-order valence-electron chi connectivity index (χ0n) is 16.0. The van der Waals surface area contributed by atoms with Gasteiger partial charge in [-0.1, -0.05) is 44.0 Å². The molecule has 4 rings (SSSR count). The number of hydrogen-bond donors (Lipinski definition) is 0. The van der Waals surface area contributed by atoms with Crippen LogP contribution in [0.25, 0.3) is 28.0 Å². The predicted octanol–water partition coefficient (Wildman–Crippen LogP) is 5.55. The predicted molar refractivity (Wildman–Crippen MR) is 115 cm³/mol. The number of rotatable bonds is 8. The third-order valence-corrected chi connectivity index (χ3v) is 5.60. The minimum Gasteiger partial charge on any atom is -0.283 e. The minimum atomic E-state index is 0.823. The SMILES string of the molecule is CCCCCCSc1nccc(-n2cnc3cc(-c4ccncc4)ccc32)n1. The molecule has 0 unspecified atom stereocenters. The molecule has 0 N–H and O–H groups in total. The number of hydrogen-bond acceptors (Lipinski definition) is 5. The molecule has 0 atom stereocenters. The van der Waals surface area contributed by atoms with Crippen LogP contribution in [-0.4, -0.2) is 30.3 Å². The largest absolute Gasteiger partial charge is 0.283 e. The van der Waals surface area contributed by atoms with Crippen LogP contribution >= 0.6 is 11.8 Å². The number of benzene rings is 1. The molecule has 0 spiro atoms. The summed E-state index contributed by atoms with van der Waals surface area (Å²) in [5.41, 5.74) is 4.25. The van der Waals surface area contributed by atoms with E-state index in [2.05, 4.69) is 40.1 Å². The van der Waals surface area contributed by atoms with Crippen LogP contribution < -0.4 is 0 Å². The van der Waals surface area contributed by atoms with Gasteiger partial charge >= 0.3 is 0 Å². The van der Waals surface area contributed by atoms with Crippen molar-refractivity contribution in [3.8, 4) is 16.9 Å². The Labute approximate surface area is 169 Å². The molecule has 6 heteroatoms. The Bertz CT molecular complexity index is 1050. The topological polar surface area (TPSA) is 56.5 Å². The van der Waals surface area contributed by atoms with Crippen molar-refractivity contribution < 1.29 is 0 Å². The monoisotopic (exact) mass is 389 g/mol. The summed E-state index contributed by atoms with van der Waals surface area (Å²) in [6, 6.07) is 12.3. The van der Waals surface area contributed by atoms with E-state index < -0.39 is 0 Å². The molecule has 142 valence electrons. The lowest BCUT2D eigenvalue weighted by molar-refractivity contribution is 0.706. The summed E-state index contributed by atoms with van der Waals surface area (Å²) in [5.74, 6) is 1.91. The molecular formula is C22H23N5S. The van der Waals surface area contributed by atoms with E-state index in [1.807, 2.05) is 35.3 Å². The van der Waals surface area contributed by atoms with Gasteiger partial charge in [0.25, 0.3) is 0 Å².